The standard InChI is InChI=1S/C17H18N2O2S.C8H15N3O2.C7H14.C4H10/c1-9(2)13-8-22-17(19-13)12-7-14(20)11-5-6-15(21-4)10(3)16(11)18-12;1-5-2-3-11(6(12)4-9)7(5)8(10)13;1-5-7(4)6(2)3;1-4(2)3/h5-9H,1-4H3,(H,18,20);5,7H,2-4,9H2,1H3,(H2,10,13);5-7H,1H2,2-4H3;4H,1-3H3. The summed E-state index contributed by atoms with van der Waals surface area (Å²) in [5.74, 6) is 2.90. The molecule has 0 spiro atoms. The highest BCUT2D eigenvalue weighted by Crippen LogP contribution is 2.29. The van der Waals surface area contributed by atoms with Gasteiger partial charge in [0.15, 0.2) is 5.43 Å². The van der Waals surface area contributed by atoms with Gasteiger partial charge in [-0.1, -0.05) is 68.4 Å². The van der Waals surface area contributed by atoms with Crippen LogP contribution in [0.5, 0.6) is 5.75 Å². The average molecular weight is 656 g/mol. The summed E-state index contributed by atoms with van der Waals surface area (Å²) in [6.45, 7) is 25.4. The first kappa shape index (κ1) is 40.5. The summed E-state index contributed by atoms with van der Waals surface area (Å²) in [5, 5.41) is 3.55. The van der Waals surface area contributed by atoms with E-state index in [1.165, 1.54) is 4.90 Å². The fraction of sp³-hybridized carbons (Fsp3) is 0.556. The number of nitrogens with zero attached hydrogens (tertiary/aromatic N) is 2. The van der Waals surface area contributed by atoms with E-state index in [2.05, 4.69) is 71.9 Å². The first-order valence-corrected chi connectivity index (χ1v) is 17.0. The zero-order valence-electron chi connectivity index (χ0n) is 29.8. The number of aromatic amines is 1. The number of hydrogen-bond donors (Lipinski definition) is 3. The second-order valence-electron chi connectivity index (χ2n) is 13.1. The summed E-state index contributed by atoms with van der Waals surface area (Å²) < 4.78 is 5.34. The SMILES string of the molecule is C=CC(C)C(C)C.CC(C)C.CC1CCN(C(=O)CN)C1C(N)=O.COc1ccc2c(=O)cc(-c3nc(C(C)C)cs3)[nH]c2c1C. The maximum Gasteiger partial charge on any atom is 0.240 e. The van der Waals surface area contributed by atoms with Crippen molar-refractivity contribution in [1.82, 2.24) is 14.9 Å². The monoisotopic (exact) mass is 655 g/mol. The molecule has 10 heteroatoms. The molecule has 2 amide bonds. The smallest absolute Gasteiger partial charge is 0.240 e. The van der Waals surface area contributed by atoms with Crippen molar-refractivity contribution in [3.05, 3.63) is 57.7 Å². The van der Waals surface area contributed by atoms with Crippen LogP contribution in [0.2, 0.25) is 0 Å². The lowest BCUT2D eigenvalue weighted by Crippen LogP contribution is -2.48. The second kappa shape index (κ2) is 19.2. The minimum atomic E-state index is -0.462. The molecule has 1 aliphatic heterocycles. The van der Waals surface area contributed by atoms with Crippen LogP contribution in [0.4, 0.5) is 0 Å². The number of thiazole rings is 1. The van der Waals surface area contributed by atoms with E-state index in [9.17, 15) is 14.4 Å². The Morgan fingerprint density at radius 1 is 1.17 bits per heavy atom. The number of ether oxygens (including phenoxy) is 1. The molecule has 0 bridgehead atoms. The first-order valence-electron chi connectivity index (χ1n) is 16.1. The lowest BCUT2D eigenvalue weighted by Gasteiger charge is -2.23. The van der Waals surface area contributed by atoms with E-state index in [1.807, 2.05) is 31.4 Å². The number of nitrogens with two attached hydrogens (primary N) is 2. The van der Waals surface area contributed by atoms with Crippen molar-refractivity contribution < 1.29 is 14.3 Å². The molecule has 1 aromatic carbocycles. The third kappa shape index (κ3) is 11.7. The molecule has 1 saturated heterocycles. The molecule has 2 aromatic heterocycles. The Morgan fingerprint density at radius 3 is 2.22 bits per heavy atom. The number of carbonyl (C=O) groups is 2. The predicted octanol–water partition coefficient (Wildman–Crippen LogP) is 6.89. The lowest BCUT2D eigenvalue weighted by atomic mass is 9.99. The van der Waals surface area contributed by atoms with E-state index in [-0.39, 0.29) is 23.8 Å². The average Bonchev–Trinajstić information content (AvgIpc) is 3.65. The molecule has 1 aliphatic rings. The van der Waals surface area contributed by atoms with Crippen molar-refractivity contribution in [2.75, 3.05) is 20.2 Å². The Bertz CT molecular complexity index is 1470. The molecule has 4 rings (SSSR count). The van der Waals surface area contributed by atoms with Gasteiger partial charge in [0, 0.05) is 28.9 Å². The number of amides is 2. The van der Waals surface area contributed by atoms with E-state index in [0.29, 0.717) is 23.8 Å². The van der Waals surface area contributed by atoms with Gasteiger partial charge in [0.05, 0.1) is 30.6 Å². The molecule has 3 unspecified atom stereocenters. The predicted molar refractivity (Wildman–Crippen MR) is 193 cm³/mol. The van der Waals surface area contributed by atoms with Crippen LogP contribution in [-0.4, -0.2) is 52.9 Å². The number of methoxy groups -OCH3 is 1. The largest absolute Gasteiger partial charge is 0.496 e. The number of rotatable bonds is 7. The summed E-state index contributed by atoms with van der Waals surface area (Å²) in [4.78, 5) is 44.1. The lowest BCUT2D eigenvalue weighted by molar-refractivity contribution is -0.136. The molecule has 0 saturated carbocycles. The quantitative estimate of drug-likeness (QED) is 0.237. The number of likely N-dealkylation sites (tertiary alicyclic amines) is 1. The number of hydrogen-bond acceptors (Lipinski definition) is 7. The van der Waals surface area contributed by atoms with Gasteiger partial charge in [0.25, 0.3) is 0 Å². The number of aryl methyl sites for hydroxylation is 1. The second-order valence-corrected chi connectivity index (χ2v) is 13.9. The van der Waals surface area contributed by atoms with E-state index in [4.69, 9.17) is 16.2 Å². The van der Waals surface area contributed by atoms with E-state index in [1.54, 1.807) is 30.6 Å². The van der Waals surface area contributed by atoms with Gasteiger partial charge >= 0.3 is 0 Å². The molecule has 256 valence electrons. The van der Waals surface area contributed by atoms with Gasteiger partial charge in [-0.2, -0.15) is 0 Å². The van der Waals surface area contributed by atoms with Crippen LogP contribution in [0.1, 0.15) is 85.9 Å². The number of fused-ring (bicyclic) bond motifs is 1. The normalized spacial score (nSPS) is 16.2. The highest BCUT2D eigenvalue weighted by atomic mass is 32.1. The van der Waals surface area contributed by atoms with Gasteiger partial charge < -0.3 is 26.1 Å². The maximum absolute atomic E-state index is 12.4. The van der Waals surface area contributed by atoms with Crippen LogP contribution in [0.15, 0.2) is 41.0 Å². The number of primary amides is 1. The fourth-order valence-electron chi connectivity index (χ4n) is 4.50. The Kier molecular flexibility index (Phi) is 16.9. The third-order valence-electron chi connectivity index (χ3n) is 7.69. The molecular weight excluding hydrogens is 598 g/mol. The zero-order chi connectivity index (χ0) is 35.3. The molecule has 9 nitrogen and oxygen atoms in total. The van der Waals surface area contributed by atoms with Crippen LogP contribution in [0, 0.1) is 30.6 Å². The van der Waals surface area contributed by atoms with Crippen LogP contribution in [0.25, 0.3) is 21.6 Å². The highest BCUT2D eigenvalue weighted by molar-refractivity contribution is 7.13. The number of nitrogens with one attached hydrogen (secondary N) is 1. The molecule has 1 fully saturated rings. The molecule has 46 heavy (non-hydrogen) atoms. The van der Waals surface area contributed by atoms with Gasteiger partial charge in [0.1, 0.15) is 16.8 Å². The number of carbonyl (C=O) groups excluding carboxylic acids is 2. The van der Waals surface area contributed by atoms with Gasteiger partial charge in [0.2, 0.25) is 11.8 Å². The Morgan fingerprint density at radius 2 is 1.78 bits per heavy atom. The molecule has 5 N–H and O–H groups in total. The van der Waals surface area contributed by atoms with Crippen LogP contribution in [-0.2, 0) is 9.59 Å². The summed E-state index contributed by atoms with van der Waals surface area (Å²) in [5.41, 5.74) is 13.9. The number of aromatic nitrogens is 2. The van der Waals surface area contributed by atoms with Crippen molar-refractivity contribution in [3.63, 3.8) is 0 Å². The maximum atomic E-state index is 12.4. The number of H-pyrrole nitrogens is 1. The number of pyridine rings is 1. The third-order valence-corrected chi connectivity index (χ3v) is 8.58. The molecule has 3 atom stereocenters. The molecule has 0 aliphatic carbocycles. The van der Waals surface area contributed by atoms with Crippen molar-refractivity contribution in [2.45, 2.75) is 87.6 Å². The number of allylic oxidation sites excluding steroid dienone is 1. The summed E-state index contributed by atoms with van der Waals surface area (Å²) in [6, 6.07) is 4.78. The van der Waals surface area contributed by atoms with Gasteiger partial charge in [-0.05, 0) is 55.1 Å². The van der Waals surface area contributed by atoms with Crippen molar-refractivity contribution in [1.29, 1.82) is 0 Å². The van der Waals surface area contributed by atoms with E-state index < -0.39 is 11.9 Å². The van der Waals surface area contributed by atoms with E-state index in [0.717, 1.165) is 51.5 Å². The van der Waals surface area contributed by atoms with Crippen LogP contribution in [0.3, 0.4) is 0 Å². The van der Waals surface area contributed by atoms with Gasteiger partial charge in [-0.3, -0.25) is 14.4 Å². The molecule has 0 radical (unpaired) electrons. The minimum absolute atomic E-state index is 0.00389. The molecule has 3 aromatic rings. The topological polar surface area (TPSA) is 144 Å². The van der Waals surface area contributed by atoms with Gasteiger partial charge in [-0.15, -0.1) is 17.9 Å². The van der Waals surface area contributed by atoms with Crippen molar-refractivity contribution in [3.8, 4) is 16.5 Å². The fourth-order valence-corrected chi connectivity index (χ4v) is 5.45. The van der Waals surface area contributed by atoms with E-state index >= 15 is 0 Å². The Balaban J connectivity index is 0.000000372. The number of benzene rings is 1. The molecule has 3 heterocycles. The summed E-state index contributed by atoms with van der Waals surface area (Å²) >= 11 is 1.55. The summed E-state index contributed by atoms with van der Waals surface area (Å²) in [6.07, 6.45) is 2.81. The minimum Gasteiger partial charge on any atom is -0.496 e. The van der Waals surface area contributed by atoms with Crippen LogP contribution >= 0.6 is 11.3 Å². The Labute approximate surface area is 279 Å². The van der Waals surface area contributed by atoms with Crippen LogP contribution < -0.4 is 21.6 Å². The van der Waals surface area contributed by atoms with Crippen molar-refractivity contribution in [2.24, 2.45) is 35.1 Å². The van der Waals surface area contributed by atoms with Crippen molar-refractivity contribution >= 4 is 34.1 Å². The Hall–Kier alpha value is -3.50. The first-order chi connectivity index (χ1) is 21.5. The highest BCUT2D eigenvalue weighted by Gasteiger charge is 2.37. The van der Waals surface area contributed by atoms with Gasteiger partial charge in [-0.25, -0.2) is 4.98 Å². The zero-order valence-corrected chi connectivity index (χ0v) is 30.6. The molecular formula is C36H57N5O4S. The summed E-state index contributed by atoms with van der Waals surface area (Å²) in [7, 11) is 1.63.